The van der Waals surface area contributed by atoms with Crippen molar-refractivity contribution in [1.82, 2.24) is 0 Å². The molecule has 0 spiro atoms. The van der Waals surface area contributed by atoms with Crippen LogP contribution in [0.2, 0.25) is 0 Å². The fourth-order valence-corrected chi connectivity index (χ4v) is 2.60. The van der Waals surface area contributed by atoms with Crippen LogP contribution in [0.5, 0.6) is 0 Å². The third kappa shape index (κ3) is 4.95. The molecule has 0 aromatic heterocycles. The van der Waals surface area contributed by atoms with Crippen molar-refractivity contribution in [2.75, 3.05) is 48.0 Å². The van der Waals surface area contributed by atoms with E-state index in [9.17, 15) is 14.7 Å². The van der Waals surface area contributed by atoms with E-state index in [2.05, 4.69) is 10.2 Å². The highest BCUT2D eigenvalue weighted by Crippen LogP contribution is 2.26. The highest BCUT2D eigenvalue weighted by Gasteiger charge is 2.15. The summed E-state index contributed by atoms with van der Waals surface area (Å²) >= 11 is 1.02. The number of para-hydroxylation sites is 2. The number of nitrogens with one attached hydrogen (secondary N) is 1. The fraction of sp³-hybridized carbons (Fsp3) is 0.429. The van der Waals surface area contributed by atoms with Crippen molar-refractivity contribution in [3.8, 4) is 0 Å². The van der Waals surface area contributed by atoms with Gasteiger partial charge in [0.25, 0.3) is 0 Å². The molecule has 0 unspecified atom stereocenters. The van der Waals surface area contributed by atoms with Gasteiger partial charge in [-0.05, 0) is 12.1 Å². The second-order valence-corrected chi connectivity index (χ2v) is 5.52. The Morgan fingerprint density at radius 1 is 1.24 bits per heavy atom. The van der Waals surface area contributed by atoms with Crippen LogP contribution in [0.15, 0.2) is 24.3 Å². The Hall–Kier alpha value is -1.73. The van der Waals surface area contributed by atoms with Crippen LogP contribution in [-0.4, -0.2) is 49.7 Å². The molecule has 1 saturated heterocycles. The van der Waals surface area contributed by atoms with Crippen molar-refractivity contribution >= 4 is 35.0 Å². The lowest BCUT2D eigenvalue weighted by atomic mass is 10.2. The lowest BCUT2D eigenvalue weighted by Crippen LogP contribution is -2.36. The molecule has 0 saturated carbocycles. The highest BCUT2D eigenvalue weighted by molar-refractivity contribution is 8.00. The van der Waals surface area contributed by atoms with Crippen LogP contribution in [0, 0.1) is 0 Å². The van der Waals surface area contributed by atoms with Gasteiger partial charge in [-0.3, -0.25) is 4.79 Å². The Balaban J connectivity index is 1.96. The number of morpholine rings is 1. The maximum atomic E-state index is 11.8. The molecule has 0 atom stereocenters. The zero-order valence-electron chi connectivity index (χ0n) is 11.5. The summed E-state index contributed by atoms with van der Waals surface area (Å²) in [7, 11) is 0. The summed E-state index contributed by atoms with van der Waals surface area (Å²) < 4.78 is 5.32. The second kappa shape index (κ2) is 7.90. The highest BCUT2D eigenvalue weighted by atomic mass is 32.2. The Bertz CT molecular complexity index is 504. The van der Waals surface area contributed by atoms with Crippen molar-refractivity contribution < 1.29 is 19.4 Å². The molecule has 1 amide bonds. The number of aliphatic carboxylic acids is 1. The first kappa shape index (κ1) is 15.7. The number of carboxylic acids is 1. The molecule has 7 heteroatoms. The van der Waals surface area contributed by atoms with E-state index in [1.54, 1.807) is 0 Å². The van der Waals surface area contributed by atoms with Gasteiger partial charge >= 0.3 is 0 Å². The molecule has 0 radical (unpaired) electrons. The normalized spacial score (nSPS) is 14.8. The minimum Gasteiger partial charge on any atom is -0.549 e. The monoisotopic (exact) mass is 309 g/mol. The maximum Gasteiger partial charge on any atom is 0.234 e. The average Bonchev–Trinajstić information content (AvgIpc) is 2.48. The molecule has 1 fully saturated rings. The molecule has 21 heavy (non-hydrogen) atoms. The number of anilines is 2. The number of amides is 1. The molecule has 114 valence electrons. The molecule has 1 aliphatic rings. The number of carboxylic acid groups (broad SMARTS) is 1. The fourth-order valence-electron chi connectivity index (χ4n) is 2.07. The zero-order valence-corrected chi connectivity index (χ0v) is 12.4. The Morgan fingerprint density at radius 3 is 2.67 bits per heavy atom. The SMILES string of the molecule is O=C([O-])CSCC(=O)Nc1ccccc1N1CCOCC1. The summed E-state index contributed by atoms with van der Waals surface area (Å²) in [6.07, 6.45) is 0. The summed E-state index contributed by atoms with van der Waals surface area (Å²) in [5.41, 5.74) is 1.69. The smallest absolute Gasteiger partial charge is 0.234 e. The standard InChI is InChI=1S/C14H18N2O4S/c17-13(9-21-10-14(18)19)15-11-3-1-2-4-12(11)16-5-7-20-8-6-16/h1-4H,5-10H2,(H,15,17)(H,18,19)/p-1. The molecule has 1 aromatic rings. The summed E-state index contributed by atoms with van der Waals surface area (Å²) in [5, 5.41) is 13.1. The molecule has 1 aromatic carbocycles. The lowest BCUT2D eigenvalue weighted by molar-refractivity contribution is -0.301. The quantitative estimate of drug-likeness (QED) is 0.793. The van der Waals surface area contributed by atoms with E-state index < -0.39 is 5.97 Å². The molecular weight excluding hydrogens is 292 g/mol. The maximum absolute atomic E-state index is 11.8. The third-order valence-corrected chi connectivity index (χ3v) is 3.89. The number of ether oxygens (including phenoxy) is 1. The van der Waals surface area contributed by atoms with Crippen molar-refractivity contribution in [2.24, 2.45) is 0 Å². The van der Waals surface area contributed by atoms with Crippen molar-refractivity contribution in [3.05, 3.63) is 24.3 Å². The number of nitrogens with zero attached hydrogens (tertiary/aromatic N) is 1. The number of benzene rings is 1. The number of thioether (sulfide) groups is 1. The molecular formula is C14H17N2O4S-. The Morgan fingerprint density at radius 2 is 1.95 bits per heavy atom. The Kier molecular flexibility index (Phi) is 5.89. The van der Waals surface area contributed by atoms with Gasteiger partial charge in [0, 0.05) is 18.8 Å². The third-order valence-electron chi connectivity index (χ3n) is 2.98. The van der Waals surface area contributed by atoms with Gasteiger partial charge in [0.15, 0.2) is 0 Å². The van der Waals surface area contributed by atoms with Gasteiger partial charge in [-0.25, -0.2) is 0 Å². The van der Waals surface area contributed by atoms with Gasteiger partial charge in [0.2, 0.25) is 5.91 Å². The molecule has 1 aliphatic heterocycles. The summed E-state index contributed by atoms with van der Waals surface area (Å²) in [6.45, 7) is 2.91. The van der Waals surface area contributed by atoms with Gasteiger partial charge < -0.3 is 24.9 Å². The van der Waals surface area contributed by atoms with E-state index in [0.717, 1.165) is 36.2 Å². The molecule has 1 N–H and O–H groups in total. The second-order valence-electron chi connectivity index (χ2n) is 4.53. The van der Waals surface area contributed by atoms with E-state index >= 15 is 0 Å². The number of hydrogen-bond donors (Lipinski definition) is 1. The van der Waals surface area contributed by atoms with Crippen LogP contribution in [0.3, 0.4) is 0 Å². The number of hydrogen-bond acceptors (Lipinski definition) is 6. The predicted octanol–water partition coefficient (Wildman–Crippen LogP) is -0.0552. The number of rotatable bonds is 6. The number of carbonyl (C=O) groups excluding carboxylic acids is 2. The van der Waals surface area contributed by atoms with E-state index in [0.29, 0.717) is 13.2 Å². The largest absolute Gasteiger partial charge is 0.549 e. The van der Waals surface area contributed by atoms with E-state index in [4.69, 9.17) is 4.74 Å². The van der Waals surface area contributed by atoms with Crippen LogP contribution < -0.4 is 15.3 Å². The van der Waals surface area contributed by atoms with Crippen LogP contribution in [0.4, 0.5) is 11.4 Å². The summed E-state index contributed by atoms with van der Waals surface area (Å²) in [6, 6.07) is 7.57. The van der Waals surface area contributed by atoms with Gasteiger partial charge in [-0.2, -0.15) is 0 Å². The topological polar surface area (TPSA) is 81.7 Å². The predicted molar refractivity (Wildman–Crippen MR) is 80.4 cm³/mol. The van der Waals surface area contributed by atoms with Gasteiger partial charge in [0.05, 0.1) is 36.3 Å². The minimum absolute atomic E-state index is 0.0887. The molecule has 1 heterocycles. The zero-order chi connectivity index (χ0) is 15.1. The first-order chi connectivity index (χ1) is 10.2. The van der Waals surface area contributed by atoms with Crippen LogP contribution >= 0.6 is 11.8 Å². The van der Waals surface area contributed by atoms with Crippen LogP contribution in [-0.2, 0) is 14.3 Å². The van der Waals surface area contributed by atoms with Crippen molar-refractivity contribution in [2.45, 2.75) is 0 Å². The van der Waals surface area contributed by atoms with E-state index in [-0.39, 0.29) is 17.4 Å². The summed E-state index contributed by atoms with van der Waals surface area (Å²) in [4.78, 5) is 24.3. The molecule has 0 bridgehead atoms. The Labute approximate surface area is 127 Å². The lowest BCUT2D eigenvalue weighted by Gasteiger charge is -2.30. The van der Waals surface area contributed by atoms with E-state index in [1.165, 1.54) is 0 Å². The van der Waals surface area contributed by atoms with E-state index in [1.807, 2.05) is 24.3 Å². The molecule has 6 nitrogen and oxygen atoms in total. The van der Waals surface area contributed by atoms with Crippen LogP contribution in [0.1, 0.15) is 0 Å². The van der Waals surface area contributed by atoms with Gasteiger partial charge in [0.1, 0.15) is 0 Å². The molecule has 0 aliphatic carbocycles. The first-order valence-corrected chi connectivity index (χ1v) is 7.81. The van der Waals surface area contributed by atoms with Gasteiger partial charge in [-0.15, -0.1) is 11.8 Å². The van der Waals surface area contributed by atoms with Crippen molar-refractivity contribution in [3.63, 3.8) is 0 Å². The summed E-state index contributed by atoms with van der Waals surface area (Å²) in [5.74, 6) is -1.48. The minimum atomic E-state index is -1.17. The van der Waals surface area contributed by atoms with Gasteiger partial charge in [-0.1, -0.05) is 12.1 Å². The van der Waals surface area contributed by atoms with Crippen molar-refractivity contribution in [1.29, 1.82) is 0 Å². The number of carbonyl (C=O) groups is 2. The first-order valence-electron chi connectivity index (χ1n) is 6.66. The molecule has 2 rings (SSSR count). The average molecular weight is 309 g/mol. The van der Waals surface area contributed by atoms with Crippen LogP contribution in [0.25, 0.3) is 0 Å².